The molecule has 0 aromatic rings. The van der Waals surface area contributed by atoms with Gasteiger partial charge in [0, 0.05) is 17.2 Å². The van der Waals surface area contributed by atoms with Gasteiger partial charge in [0.05, 0.1) is 0 Å². The lowest BCUT2D eigenvalue weighted by molar-refractivity contribution is -0.134. The van der Waals surface area contributed by atoms with Gasteiger partial charge in [-0.2, -0.15) is 0 Å². The summed E-state index contributed by atoms with van der Waals surface area (Å²) in [5.41, 5.74) is 0. The number of carboxylic acid groups (broad SMARTS) is 1. The maximum Gasteiger partial charge on any atom is 0.323 e. The lowest BCUT2D eigenvalue weighted by Crippen LogP contribution is -2.13. The molecule has 1 aliphatic heterocycles. The number of carboxylic acids is 1. The van der Waals surface area contributed by atoms with Crippen LogP contribution < -0.4 is 0 Å². The first-order valence-electron chi connectivity index (χ1n) is 1.89. The van der Waals surface area contributed by atoms with E-state index in [9.17, 15) is 4.79 Å². The molecule has 5 heteroatoms. The molecular formula is C3H3NO2S2. The highest BCUT2D eigenvalue weighted by atomic mass is 33.1. The molecule has 0 saturated heterocycles. The van der Waals surface area contributed by atoms with E-state index in [-0.39, 0.29) is 0 Å². The number of carbonyl (C=O) groups is 1. The molecule has 0 aromatic carbocycles. The van der Waals surface area contributed by atoms with Crippen LogP contribution in [0.3, 0.4) is 0 Å². The second-order valence-corrected chi connectivity index (χ2v) is 3.27. The number of aliphatic carboxylic acids is 1. The van der Waals surface area contributed by atoms with E-state index in [1.807, 2.05) is 0 Å². The Balaban J connectivity index is 2.48. The van der Waals surface area contributed by atoms with E-state index in [4.69, 9.17) is 5.11 Å². The lowest BCUT2D eigenvalue weighted by Gasteiger charge is -1.91. The maximum absolute atomic E-state index is 10.1. The van der Waals surface area contributed by atoms with Gasteiger partial charge in [-0.05, 0) is 10.8 Å². The zero-order chi connectivity index (χ0) is 5.98. The second kappa shape index (κ2) is 2.41. The topological polar surface area (TPSA) is 49.7 Å². The van der Waals surface area contributed by atoms with E-state index >= 15 is 0 Å². The van der Waals surface area contributed by atoms with Crippen molar-refractivity contribution in [1.29, 1.82) is 0 Å². The summed E-state index contributed by atoms with van der Waals surface area (Å²) < 4.78 is 3.66. The molecule has 1 heterocycles. The standard InChI is InChI=1S/C3H3NO2S2/c5-3(6)2-1-4-8-7-2/h1-2H,(H,5,6). The van der Waals surface area contributed by atoms with E-state index in [0.717, 1.165) is 0 Å². The summed E-state index contributed by atoms with van der Waals surface area (Å²) in [7, 11) is 2.46. The summed E-state index contributed by atoms with van der Waals surface area (Å²) in [6.07, 6.45) is 1.43. The molecule has 0 fully saturated rings. The first-order chi connectivity index (χ1) is 3.80. The number of hydrogen-bond donors (Lipinski definition) is 1. The molecule has 1 aliphatic rings. The van der Waals surface area contributed by atoms with E-state index in [2.05, 4.69) is 4.40 Å². The minimum absolute atomic E-state index is 0.431. The van der Waals surface area contributed by atoms with Crippen LogP contribution in [-0.4, -0.2) is 22.5 Å². The lowest BCUT2D eigenvalue weighted by atomic mass is 10.5. The predicted octanol–water partition coefficient (Wildman–Crippen LogP) is 0.820. The Labute approximate surface area is 54.1 Å². The molecule has 0 amide bonds. The first-order valence-corrected chi connectivity index (χ1v) is 4.06. The summed E-state index contributed by atoms with van der Waals surface area (Å²) in [6, 6.07) is 0. The summed E-state index contributed by atoms with van der Waals surface area (Å²) in [6.45, 7) is 0. The quantitative estimate of drug-likeness (QED) is 0.443. The molecule has 0 saturated carbocycles. The Kier molecular flexibility index (Phi) is 1.80. The molecule has 1 atom stereocenters. The average molecular weight is 149 g/mol. The van der Waals surface area contributed by atoms with Crippen LogP contribution >= 0.6 is 21.8 Å². The molecule has 0 aromatic heterocycles. The van der Waals surface area contributed by atoms with E-state index in [1.165, 1.54) is 28.0 Å². The van der Waals surface area contributed by atoms with Gasteiger partial charge in [0.1, 0.15) is 5.25 Å². The fourth-order valence-corrected chi connectivity index (χ4v) is 1.84. The van der Waals surface area contributed by atoms with Crippen molar-refractivity contribution >= 4 is 34.0 Å². The van der Waals surface area contributed by atoms with Gasteiger partial charge < -0.3 is 5.11 Å². The molecule has 0 spiro atoms. The molecule has 3 nitrogen and oxygen atoms in total. The van der Waals surface area contributed by atoms with Crippen molar-refractivity contribution in [2.75, 3.05) is 0 Å². The first kappa shape index (κ1) is 5.97. The van der Waals surface area contributed by atoms with Crippen LogP contribution in [0.5, 0.6) is 0 Å². The van der Waals surface area contributed by atoms with Crippen LogP contribution in [0, 0.1) is 0 Å². The van der Waals surface area contributed by atoms with Crippen LogP contribution in [0.1, 0.15) is 0 Å². The molecule has 0 aliphatic carbocycles. The minimum atomic E-state index is -0.816. The number of rotatable bonds is 1. The van der Waals surface area contributed by atoms with Crippen molar-refractivity contribution in [2.45, 2.75) is 5.25 Å². The molecule has 8 heavy (non-hydrogen) atoms. The minimum Gasteiger partial charge on any atom is -0.480 e. The smallest absolute Gasteiger partial charge is 0.323 e. The molecule has 1 N–H and O–H groups in total. The van der Waals surface area contributed by atoms with Gasteiger partial charge in [0.2, 0.25) is 0 Å². The molecule has 1 unspecified atom stereocenters. The van der Waals surface area contributed by atoms with Crippen molar-refractivity contribution < 1.29 is 9.90 Å². The van der Waals surface area contributed by atoms with Crippen molar-refractivity contribution in [3.05, 3.63) is 0 Å². The SMILES string of the molecule is O=C(O)C1C=NSS1. The van der Waals surface area contributed by atoms with Gasteiger partial charge in [-0.1, -0.05) is 0 Å². The van der Waals surface area contributed by atoms with E-state index in [0.29, 0.717) is 0 Å². The van der Waals surface area contributed by atoms with Crippen molar-refractivity contribution in [2.24, 2.45) is 4.40 Å². The molecule has 1 rings (SSSR count). The Morgan fingerprint density at radius 2 is 2.62 bits per heavy atom. The summed E-state index contributed by atoms with van der Waals surface area (Å²) in [4.78, 5) is 10.1. The van der Waals surface area contributed by atoms with E-state index < -0.39 is 11.2 Å². The predicted molar refractivity (Wildman–Crippen MR) is 35.1 cm³/mol. The van der Waals surface area contributed by atoms with Gasteiger partial charge in [0.15, 0.2) is 0 Å². The van der Waals surface area contributed by atoms with Crippen LogP contribution in [-0.2, 0) is 4.79 Å². The van der Waals surface area contributed by atoms with Gasteiger partial charge in [-0.3, -0.25) is 4.79 Å². The highest BCUT2D eigenvalue weighted by molar-refractivity contribution is 8.77. The third-order valence-electron chi connectivity index (χ3n) is 0.629. The van der Waals surface area contributed by atoms with Crippen LogP contribution in [0.25, 0.3) is 0 Å². The Bertz CT molecular complexity index is 135. The Morgan fingerprint density at radius 1 is 1.88 bits per heavy atom. The Hall–Kier alpha value is -0.160. The molecule has 0 radical (unpaired) electrons. The van der Waals surface area contributed by atoms with Crippen LogP contribution in [0.4, 0.5) is 0 Å². The van der Waals surface area contributed by atoms with Gasteiger partial charge in [0.25, 0.3) is 0 Å². The monoisotopic (exact) mass is 149 g/mol. The third-order valence-corrected chi connectivity index (χ3v) is 2.59. The molecular weight excluding hydrogens is 146 g/mol. The van der Waals surface area contributed by atoms with Crippen LogP contribution in [0.2, 0.25) is 0 Å². The third kappa shape index (κ3) is 1.16. The maximum atomic E-state index is 10.1. The molecule has 44 valence electrons. The zero-order valence-corrected chi connectivity index (χ0v) is 5.41. The van der Waals surface area contributed by atoms with Crippen molar-refractivity contribution in [1.82, 2.24) is 0 Å². The van der Waals surface area contributed by atoms with Gasteiger partial charge >= 0.3 is 5.97 Å². The number of hydrogen-bond acceptors (Lipinski definition) is 4. The fraction of sp³-hybridized carbons (Fsp3) is 0.333. The summed E-state index contributed by atoms with van der Waals surface area (Å²) in [5, 5.41) is 7.86. The van der Waals surface area contributed by atoms with E-state index in [1.54, 1.807) is 0 Å². The largest absolute Gasteiger partial charge is 0.480 e. The van der Waals surface area contributed by atoms with Crippen molar-refractivity contribution in [3.63, 3.8) is 0 Å². The normalized spacial score (nSPS) is 26.2. The highest BCUT2D eigenvalue weighted by Gasteiger charge is 2.19. The second-order valence-electron chi connectivity index (χ2n) is 1.18. The van der Waals surface area contributed by atoms with Gasteiger partial charge in [-0.25, -0.2) is 4.40 Å². The highest BCUT2D eigenvalue weighted by Crippen LogP contribution is 2.32. The van der Waals surface area contributed by atoms with Gasteiger partial charge in [-0.15, -0.1) is 0 Å². The summed E-state index contributed by atoms with van der Waals surface area (Å²) in [5.74, 6) is -0.816. The number of nitrogens with zero attached hydrogens (tertiary/aromatic N) is 1. The summed E-state index contributed by atoms with van der Waals surface area (Å²) >= 11 is 0. The van der Waals surface area contributed by atoms with Crippen molar-refractivity contribution in [3.8, 4) is 0 Å². The Morgan fingerprint density at radius 3 is 2.88 bits per heavy atom. The zero-order valence-electron chi connectivity index (χ0n) is 3.77. The average Bonchev–Trinajstić information content (AvgIpc) is 2.12. The molecule has 0 bridgehead atoms. The van der Waals surface area contributed by atoms with Crippen LogP contribution in [0.15, 0.2) is 4.40 Å². The fourth-order valence-electron chi connectivity index (χ4n) is 0.281.